The van der Waals surface area contributed by atoms with Gasteiger partial charge in [-0.05, 0) is 0 Å². The van der Waals surface area contributed by atoms with Crippen LogP contribution in [-0.2, 0) is 9.53 Å². The summed E-state index contributed by atoms with van der Waals surface area (Å²) in [6.45, 7) is 3.17. The first-order valence-corrected chi connectivity index (χ1v) is 2.89. The second-order valence-corrected chi connectivity index (χ2v) is 2.31. The first-order valence-electron chi connectivity index (χ1n) is 1.86. The molecule has 46 valence electrons. The van der Waals surface area contributed by atoms with E-state index in [1.165, 1.54) is 0 Å². The molecular formula is C4H6O2S2. The van der Waals surface area contributed by atoms with Crippen LogP contribution in [0.3, 0.4) is 0 Å². The Bertz CT molecular complexity index is 100. The van der Waals surface area contributed by atoms with Crippen LogP contribution < -0.4 is 0 Å². The summed E-state index contributed by atoms with van der Waals surface area (Å²) in [5, 5.41) is 0. The van der Waals surface area contributed by atoms with Gasteiger partial charge in [-0.1, -0.05) is 6.58 Å². The molecule has 0 atom stereocenters. The van der Waals surface area contributed by atoms with E-state index in [0.29, 0.717) is 0 Å². The van der Waals surface area contributed by atoms with E-state index >= 15 is 0 Å². The molecule has 0 bridgehead atoms. The fraction of sp³-hybridized carbons (Fsp3) is 0.250. The molecule has 4 heteroatoms. The lowest BCUT2D eigenvalue weighted by Gasteiger charge is -2.00. The van der Waals surface area contributed by atoms with Crippen LogP contribution in [0.1, 0.15) is 0 Å². The van der Waals surface area contributed by atoms with Gasteiger partial charge < -0.3 is 4.74 Å². The first kappa shape index (κ1) is 7.91. The topological polar surface area (TPSA) is 26.3 Å². The number of carbonyl (C=O) groups is 1. The Hall–Kier alpha value is -0.0900. The molecule has 0 aromatic heterocycles. The van der Waals surface area contributed by atoms with Gasteiger partial charge in [0.15, 0.2) is 4.77 Å². The monoisotopic (exact) mass is 150 g/mol. The fourth-order valence-corrected chi connectivity index (χ4v) is 0.360. The summed E-state index contributed by atoms with van der Waals surface area (Å²) in [6, 6.07) is 0. The lowest BCUT2D eigenvalue weighted by molar-refractivity contribution is -0.136. The Morgan fingerprint density at radius 3 is 2.38 bits per heavy atom. The van der Waals surface area contributed by atoms with Crippen molar-refractivity contribution in [3.63, 3.8) is 0 Å². The van der Waals surface area contributed by atoms with Gasteiger partial charge in [0.1, 0.15) is 0 Å². The third kappa shape index (κ3) is 4.08. The summed E-state index contributed by atoms with van der Waals surface area (Å²) in [7, 11) is 0. The highest BCUT2D eigenvalue weighted by atomic mass is 32.2. The molecule has 0 unspecified atom stereocenters. The molecule has 0 saturated heterocycles. The van der Waals surface area contributed by atoms with E-state index in [-0.39, 0.29) is 0 Å². The quantitative estimate of drug-likeness (QED) is 0.264. The second-order valence-electron chi connectivity index (χ2n) is 0.967. The molecule has 0 spiro atoms. The van der Waals surface area contributed by atoms with E-state index in [1.54, 1.807) is 0 Å². The molecule has 0 rings (SSSR count). The predicted molar refractivity (Wildman–Crippen MR) is 38.0 cm³/mol. The van der Waals surface area contributed by atoms with E-state index < -0.39 is 10.7 Å². The number of carbonyl (C=O) groups excluding carboxylic acids is 1. The van der Waals surface area contributed by atoms with Gasteiger partial charge in [-0.15, -0.1) is 25.3 Å². The highest BCUT2D eigenvalue weighted by molar-refractivity contribution is 7.98. The van der Waals surface area contributed by atoms with Gasteiger partial charge in [0, 0.05) is 6.08 Å². The number of esters is 1. The minimum atomic E-state index is -0.652. The molecule has 0 fully saturated rings. The molecule has 0 aliphatic rings. The van der Waals surface area contributed by atoms with Crippen molar-refractivity contribution in [3.05, 3.63) is 12.7 Å². The zero-order valence-electron chi connectivity index (χ0n) is 4.07. The molecule has 8 heavy (non-hydrogen) atoms. The van der Waals surface area contributed by atoms with Crippen LogP contribution in [0.25, 0.3) is 0 Å². The summed E-state index contributed by atoms with van der Waals surface area (Å²) in [6.07, 6.45) is 1.06. The van der Waals surface area contributed by atoms with Gasteiger partial charge >= 0.3 is 5.97 Å². The smallest absolute Gasteiger partial charge is 0.331 e. The van der Waals surface area contributed by atoms with Crippen LogP contribution >= 0.6 is 25.3 Å². The number of hydrogen-bond donors (Lipinski definition) is 2. The molecule has 0 saturated carbocycles. The van der Waals surface area contributed by atoms with Gasteiger partial charge in [0.25, 0.3) is 0 Å². The van der Waals surface area contributed by atoms with Crippen molar-refractivity contribution in [2.24, 2.45) is 0 Å². The maximum Gasteiger partial charge on any atom is 0.331 e. The van der Waals surface area contributed by atoms with Crippen LogP contribution in [-0.4, -0.2) is 10.7 Å². The highest BCUT2D eigenvalue weighted by Gasteiger charge is 1.98. The maximum atomic E-state index is 10.2. The SMILES string of the molecule is C=CC(=O)OC(S)S. The molecule has 0 N–H and O–H groups in total. The molecular weight excluding hydrogens is 144 g/mol. The van der Waals surface area contributed by atoms with Crippen LogP contribution in [0.4, 0.5) is 0 Å². The summed E-state index contributed by atoms with van der Waals surface area (Å²) >= 11 is 7.33. The van der Waals surface area contributed by atoms with Crippen molar-refractivity contribution in [1.29, 1.82) is 0 Å². The van der Waals surface area contributed by atoms with E-state index in [9.17, 15) is 4.79 Å². The third-order valence-corrected chi connectivity index (χ3v) is 0.599. The Morgan fingerprint density at radius 1 is 1.75 bits per heavy atom. The summed E-state index contributed by atoms with van der Waals surface area (Å²) < 4.78 is 3.72. The molecule has 0 aromatic carbocycles. The van der Waals surface area contributed by atoms with Gasteiger partial charge in [0.2, 0.25) is 0 Å². The molecule has 0 aliphatic carbocycles. The Labute approximate surface area is 58.7 Å². The normalized spacial score (nSPS) is 8.88. The van der Waals surface area contributed by atoms with Crippen LogP contribution in [0, 0.1) is 0 Å². The van der Waals surface area contributed by atoms with E-state index in [1.807, 2.05) is 0 Å². The average Bonchev–Trinajstić information content (AvgIpc) is 1.65. The van der Waals surface area contributed by atoms with Crippen molar-refractivity contribution in [2.75, 3.05) is 0 Å². The van der Waals surface area contributed by atoms with Gasteiger partial charge in [-0.2, -0.15) is 0 Å². The summed E-state index contributed by atoms with van der Waals surface area (Å²) in [5.41, 5.74) is 0. The molecule has 0 radical (unpaired) electrons. The molecule has 0 amide bonds. The van der Waals surface area contributed by atoms with Crippen molar-refractivity contribution >= 4 is 31.2 Å². The van der Waals surface area contributed by atoms with Crippen molar-refractivity contribution < 1.29 is 9.53 Å². The standard InChI is InChI=1S/C4H6O2S2/c1-2-3(5)6-4(7)8/h2,4,7-8H,1H2. The molecule has 0 aromatic rings. The van der Waals surface area contributed by atoms with Crippen LogP contribution in [0.15, 0.2) is 12.7 Å². The van der Waals surface area contributed by atoms with Gasteiger partial charge in [0.05, 0.1) is 0 Å². The molecule has 0 heterocycles. The average molecular weight is 150 g/mol. The minimum absolute atomic E-state index is 0.514. The minimum Gasteiger partial charge on any atom is -0.438 e. The van der Waals surface area contributed by atoms with E-state index in [0.717, 1.165) is 6.08 Å². The number of rotatable bonds is 2. The summed E-state index contributed by atoms with van der Waals surface area (Å²) in [5.74, 6) is -0.514. The third-order valence-electron chi connectivity index (χ3n) is 0.388. The predicted octanol–water partition coefficient (Wildman–Crippen LogP) is 0.859. The first-order chi connectivity index (χ1) is 3.66. The van der Waals surface area contributed by atoms with Crippen molar-refractivity contribution in [2.45, 2.75) is 4.77 Å². The van der Waals surface area contributed by atoms with Crippen molar-refractivity contribution in [1.82, 2.24) is 0 Å². The Morgan fingerprint density at radius 2 is 2.25 bits per heavy atom. The van der Waals surface area contributed by atoms with E-state index in [4.69, 9.17) is 0 Å². The van der Waals surface area contributed by atoms with Gasteiger partial charge in [-0.25, -0.2) is 4.79 Å². The Balaban J connectivity index is 3.39. The van der Waals surface area contributed by atoms with E-state index in [2.05, 4.69) is 36.6 Å². The largest absolute Gasteiger partial charge is 0.438 e. The second kappa shape index (κ2) is 3.86. The number of hydrogen-bond acceptors (Lipinski definition) is 4. The van der Waals surface area contributed by atoms with Crippen LogP contribution in [0.2, 0.25) is 0 Å². The zero-order valence-corrected chi connectivity index (χ0v) is 5.86. The maximum absolute atomic E-state index is 10.2. The molecule has 0 aliphatic heterocycles. The number of ether oxygens (including phenoxy) is 1. The van der Waals surface area contributed by atoms with Gasteiger partial charge in [-0.3, -0.25) is 0 Å². The fourth-order valence-electron chi connectivity index (χ4n) is 0.152. The lowest BCUT2D eigenvalue weighted by Crippen LogP contribution is -2.03. The summed E-state index contributed by atoms with van der Waals surface area (Å²) in [4.78, 5) is 10.2. The zero-order chi connectivity index (χ0) is 6.57. The number of thiol groups is 2. The lowest BCUT2D eigenvalue weighted by atomic mass is 10.7. The van der Waals surface area contributed by atoms with Crippen LogP contribution in [0.5, 0.6) is 0 Å². The highest BCUT2D eigenvalue weighted by Crippen LogP contribution is 2.01. The van der Waals surface area contributed by atoms with Crippen molar-refractivity contribution in [3.8, 4) is 0 Å². The molecule has 2 nitrogen and oxygen atoms in total. The Kier molecular flexibility index (Phi) is 3.81.